The van der Waals surface area contributed by atoms with Gasteiger partial charge in [0.25, 0.3) is 0 Å². The Hall–Kier alpha value is -2.17. The first kappa shape index (κ1) is 21.5. The molecule has 4 heteroatoms. The van der Waals surface area contributed by atoms with E-state index in [0.717, 1.165) is 12.8 Å². The highest BCUT2D eigenvalue weighted by molar-refractivity contribution is 5.84. The van der Waals surface area contributed by atoms with Crippen molar-refractivity contribution in [3.05, 3.63) is 59.2 Å². The first-order valence-electron chi connectivity index (χ1n) is 10.5. The molecule has 0 unspecified atom stereocenters. The number of amides is 1. The topological polar surface area (TPSA) is 47.6 Å². The molecule has 1 amide bonds. The van der Waals surface area contributed by atoms with E-state index in [2.05, 4.69) is 61.6 Å². The molecule has 29 heavy (non-hydrogen) atoms. The van der Waals surface area contributed by atoms with Gasteiger partial charge in [-0.15, -0.1) is 0 Å². The fourth-order valence-corrected chi connectivity index (χ4v) is 4.33. The first-order chi connectivity index (χ1) is 13.9. The maximum atomic E-state index is 13.3. The van der Waals surface area contributed by atoms with Crippen LogP contribution in [0.25, 0.3) is 11.1 Å². The van der Waals surface area contributed by atoms with E-state index >= 15 is 0 Å². The first-order valence-corrected chi connectivity index (χ1v) is 10.5. The molecule has 0 saturated carbocycles. The second kappa shape index (κ2) is 9.55. The highest BCUT2D eigenvalue weighted by atomic mass is 16.5. The van der Waals surface area contributed by atoms with E-state index < -0.39 is 5.41 Å². The van der Waals surface area contributed by atoms with Crippen molar-refractivity contribution < 1.29 is 14.3 Å². The highest BCUT2D eigenvalue weighted by Crippen LogP contribution is 2.38. The van der Waals surface area contributed by atoms with Gasteiger partial charge in [0, 0.05) is 26.4 Å². The summed E-state index contributed by atoms with van der Waals surface area (Å²) in [4.78, 5) is 13.3. The number of carbonyl (C=O) groups is 1. The van der Waals surface area contributed by atoms with E-state index in [1.54, 1.807) is 7.11 Å². The molecule has 1 atom stereocenters. The van der Waals surface area contributed by atoms with E-state index in [1.165, 1.54) is 27.8 Å². The van der Waals surface area contributed by atoms with Crippen molar-refractivity contribution in [1.29, 1.82) is 0 Å². The van der Waals surface area contributed by atoms with Gasteiger partial charge in [-0.3, -0.25) is 4.79 Å². The van der Waals surface area contributed by atoms with Crippen molar-refractivity contribution in [2.45, 2.75) is 46.1 Å². The molecule has 0 aromatic heterocycles. The Kier molecular flexibility index (Phi) is 7.09. The number of benzene rings is 2. The number of hydrogen-bond acceptors (Lipinski definition) is 3. The SMILES string of the molecule is COC[C@H](C)NC(=O)C1(Cc2ccccc2-c2ccc(C)cc2C)CCOCC1. The molecule has 2 aromatic rings. The molecule has 1 saturated heterocycles. The molecule has 4 nitrogen and oxygen atoms in total. The van der Waals surface area contributed by atoms with Gasteiger partial charge in [-0.2, -0.15) is 0 Å². The van der Waals surface area contributed by atoms with Crippen molar-refractivity contribution >= 4 is 5.91 Å². The Labute approximate surface area is 174 Å². The average Bonchev–Trinajstić information content (AvgIpc) is 2.69. The van der Waals surface area contributed by atoms with Gasteiger partial charge in [0.05, 0.1) is 12.0 Å². The zero-order valence-electron chi connectivity index (χ0n) is 18.1. The van der Waals surface area contributed by atoms with Crippen molar-refractivity contribution in [1.82, 2.24) is 5.32 Å². The van der Waals surface area contributed by atoms with Crippen LogP contribution in [0.3, 0.4) is 0 Å². The molecule has 0 aliphatic carbocycles. The van der Waals surface area contributed by atoms with E-state index in [4.69, 9.17) is 9.47 Å². The van der Waals surface area contributed by atoms with Gasteiger partial charge in [0.15, 0.2) is 0 Å². The zero-order chi connectivity index (χ0) is 20.9. The molecule has 1 N–H and O–H groups in total. The lowest BCUT2D eigenvalue weighted by Crippen LogP contribution is -2.49. The van der Waals surface area contributed by atoms with Crippen LogP contribution < -0.4 is 5.32 Å². The number of rotatable bonds is 7. The number of aryl methyl sites for hydroxylation is 2. The second-order valence-corrected chi connectivity index (χ2v) is 8.37. The lowest BCUT2D eigenvalue weighted by atomic mass is 9.73. The van der Waals surface area contributed by atoms with Gasteiger partial charge < -0.3 is 14.8 Å². The smallest absolute Gasteiger partial charge is 0.227 e. The molecule has 1 aliphatic heterocycles. The lowest BCUT2D eigenvalue weighted by molar-refractivity contribution is -0.137. The van der Waals surface area contributed by atoms with Crippen LogP contribution in [0.4, 0.5) is 0 Å². The molecule has 3 rings (SSSR count). The predicted octanol–water partition coefficient (Wildman–Crippen LogP) is 4.46. The Morgan fingerprint density at radius 1 is 1.14 bits per heavy atom. The van der Waals surface area contributed by atoms with Crippen LogP contribution in [0, 0.1) is 19.3 Å². The molecule has 156 valence electrons. The van der Waals surface area contributed by atoms with Crippen LogP contribution in [0.1, 0.15) is 36.5 Å². The van der Waals surface area contributed by atoms with Crippen molar-refractivity contribution in [2.24, 2.45) is 5.41 Å². The van der Waals surface area contributed by atoms with Gasteiger partial charge in [-0.1, -0.05) is 48.0 Å². The summed E-state index contributed by atoms with van der Waals surface area (Å²) in [5.41, 5.74) is 5.74. The lowest BCUT2D eigenvalue weighted by Gasteiger charge is -2.37. The number of carbonyl (C=O) groups excluding carboxylic acids is 1. The minimum absolute atomic E-state index is 0.0122. The number of hydrogen-bond donors (Lipinski definition) is 1. The van der Waals surface area contributed by atoms with Crippen LogP contribution in [-0.4, -0.2) is 38.9 Å². The summed E-state index contributed by atoms with van der Waals surface area (Å²) in [6.45, 7) is 8.01. The van der Waals surface area contributed by atoms with Crippen molar-refractivity contribution in [3.8, 4) is 11.1 Å². The molecule has 0 spiro atoms. The Balaban J connectivity index is 1.94. The molecule has 0 bridgehead atoms. The Morgan fingerprint density at radius 3 is 2.55 bits per heavy atom. The summed E-state index contributed by atoms with van der Waals surface area (Å²) in [5.74, 6) is 0.112. The van der Waals surface area contributed by atoms with E-state index in [0.29, 0.717) is 26.2 Å². The van der Waals surface area contributed by atoms with Crippen molar-refractivity contribution in [3.63, 3.8) is 0 Å². The minimum atomic E-state index is -0.449. The largest absolute Gasteiger partial charge is 0.383 e. The highest BCUT2D eigenvalue weighted by Gasteiger charge is 2.41. The summed E-state index contributed by atoms with van der Waals surface area (Å²) in [7, 11) is 1.66. The monoisotopic (exact) mass is 395 g/mol. The van der Waals surface area contributed by atoms with Crippen LogP contribution >= 0.6 is 0 Å². The van der Waals surface area contributed by atoms with Crippen LogP contribution in [-0.2, 0) is 20.7 Å². The van der Waals surface area contributed by atoms with Crippen LogP contribution in [0.2, 0.25) is 0 Å². The maximum absolute atomic E-state index is 13.3. The third-order valence-corrected chi connectivity index (χ3v) is 5.94. The Morgan fingerprint density at radius 2 is 1.86 bits per heavy atom. The van der Waals surface area contributed by atoms with Crippen molar-refractivity contribution in [2.75, 3.05) is 26.9 Å². The third kappa shape index (κ3) is 5.06. The van der Waals surface area contributed by atoms with Crippen LogP contribution in [0.5, 0.6) is 0 Å². The van der Waals surface area contributed by atoms with Gasteiger partial charge >= 0.3 is 0 Å². The van der Waals surface area contributed by atoms with Crippen LogP contribution in [0.15, 0.2) is 42.5 Å². The van der Waals surface area contributed by atoms with E-state index in [9.17, 15) is 4.79 Å². The second-order valence-electron chi connectivity index (χ2n) is 8.37. The zero-order valence-corrected chi connectivity index (χ0v) is 18.1. The summed E-state index contributed by atoms with van der Waals surface area (Å²) in [5, 5.41) is 3.17. The fourth-order valence-electron chi connectivity index (χ4n) is 4.33. The summed E-state index contributed by atoms with van der Waals surface area (Å²) in [6, 6.07) is 15.0. The minimum Gasteiger partial charge on any atom is -0.383 e. The molecule has 2 aromatic carbocycles. The van der Waals surface area contributed by atoms with Gasteiger partial charge in [0.2, 0.25) is 5.91 Å². The summed E-state index contributed by atoms with van der Waals surface area (Å²) < 4.78 is 10.8. The van der Waals surface area contributed by atoms with Gasteiger partial charge in [-0.25, -0.2) is 0 Å². The standard InChI is InChI=1S/C25H33NO3/c1-18-9-10-22(19(2)15-18)23-8-6-5-7-21(23)16-25(11-13-29-14-12-25)24(27)26-20(3)17-28-4/h5-10,15,20H,11-14,16-17H2,1-4H3,(H,26,27)/t20-/m0/s1. The number of methoxy groups -OCH3 is 1. The van der Waals surface area contributed by atoms with E-state index in [1.807, 2.05) is 6.92 Å². The number of ether oxygens (including phenoxy) is 2. The predicted molar refractivity (Wildman–Crippen MR) is 117 cm³/mol. The molecule has 1 fully saturated rings. The molecular weight excluding hydrogens is 362 g/mol. The molecular formula is C25H33NO3. The quantitative estimate of drug-likeness (QED) is 0.753. The molecule has 0 radical (unpaired) electrons. The maximum Gasteiger partial charge on any atom is 0.227 e. The third-order valence-electron chi connectivity index (χ3n) is 5.94. The summed E-state index contributed by atoms with van der Waals surface area (Å²) >= 11 is 0. The molecule has 1 heterocycles. The normalized spacial score (nSPS) is 17.0. The van der Waals surface area contributed by atoms with Gasteiger partial charge in [-0.05, 0) is 62.3 Å². The van der Waals surface area contributed by atoms with E-state index in [-0.39, 0.29) is 11.9 Å². The van der Waals surface area contributed by atoms with Gasteiger partial charge in [0.1, 0.15) is 0 Å². The molecule has 1 aliphatic rings. The summed E-state index contributed by atoms with van der Waals surface area (Å²) in [6.07, 6.45) is 2.19. The fraction of sp³-hybridized carbons (Fsp3) is 0.480. The average molecular weight is 396 g/mol. The number of nitrogens with one attached hydrogen (secondary N) is 1. The Bertz CT molecular complexity index is 840.